The minimum absolute atomic E-state index is 0.0276. The van der Waals surface area contributed by atoms with Crippen molar-refractivity contribution in [2.75, 3.05) is 32.0 Å². The van der Waals surface area contributed by atoms with Crippen molar-refractivity contribution >= 4 is 21.9 Å². The first kappa shape index (κ1) is 21.2. The quantitative estimate of drug-likeness (QED) is 0.703. The topological polar surface area (TPSA) is 104 Å². The Bertz CT molecular complexity index is 755. The Kier molecular flexibility index (Phi) is 7.20. The number of amides is 1. The van der Waals surface area contributed by atoms with Gasteiger partial charge in [-0.05, 0) is 38.8 Å². The lowest BCUT2D eigenvalue weighted by atomic mass is 10.0. The Morgan fingerprint density at radius 1 is 1.22 bits per heavy atom. The normalized spacial score (nSPS) is 16.1. The van der Waals surface area contributed by atoms with Gasteiger partial charge in [0.25, 0.3) is 5.91 Å². The average Bonchev–Trinajstić information content (AvgIpc) is 2.65. The molecule has 0 aromatic heterocycles. The van der Waals surface area contributed by atoms with Gasteiger partial charge in [-0.1, -0.05) is 17.7 Å². The first-order chi connectivity index (χ1) is 12.7. The van der Waals surface area contributed by atoms with Crippen LogP contribution in [0.4, 0.5) is 0 Å². The lowest BCUT2D eigenvalue weighted by Crippen LogP contribution is -2.51. The molecule has 1 saturated heterocycles. The molecule has 0 radical (unpaired) electrons. The maximum Gasteiger partial charge on any atom is 0.323 e. The van der Waals surface area contributed by atoms with E-state index >= 15 is 0 Å². The Hall–Kier alpha value is -2.13. The Balaban J connectivity index is 1.99. The Labute approximate surface area is 159 Å². The number of carbonyl (C=O) groups excluding carboxylic acids is 1. The van der Waals surface area contributed by atoms with Crippen molar-refractivity contribution in [3.05, 3.63) is 29.8 Å². The number of carbonyl (C=O) groups is 2. The Morgan fingerprint density at radius 3 is 2.33 bits per heavy atom. The molecule has 1 aromatic carbocycles. The van der Waals surface area contributed by atoms with E-state index in [4.69, 9.17) is 9.84 Å². The fraction of sp³-hybridized carbons (Fsp3) is 0.556. The first-order valence-electron chi connectivity index (χ1n) is 8.91. The van der Waals surface area contributed by atoms with E-state index in [1.54, 1.807) is 19.1 Å². The molecule has 0 aliphatic carbocycles. The highest BCUT2D eigenvalue weighted by atomic mass is 32.2. The zero-order valence-electron chi connectivity index (χ0n) is 15.6. The lowest BCUT2D eigenvalue weighted by molar-refractivity contribution is -0.147. The number of piperidine rings is 1. The monoisotopic (exact) mass is 398 g/mol. The molecule has 1 N–H and O–H groups in total. The summed E-state index contributed by atoms with van der Waals surface area (Å²) in [5.41, 5.74) is 1.06. The zero-order chi connectivity index (χ0) is 20.0. The molecular weight excluding hydrogens is 372 g/mol. The minimum Gasteiger partial charge on any atom is -0.484 e. The van der Waals surface area contributed by atoms with Crippen molar-refractivity contribution in [2.45, 2.75) is 32.7 Å². The van der Waals surface area contributed by atoms with Crippen molar-refractivity contribution in [2.24, 2.45) is 0 Å². The fourth-order valence-electron chi connectivity index (χ4n) is 3.04. The molecule has 27 heavy (non-hydrogen) atoms. The lowest BCUT2D eigenvalue weighted by Gasteiger charge is -2.37. The summed E-state index contributed by atoms with van der Waals surface area (Å²) in [5.74, 6) is -0.968. The second kappa shape index (κ2) is 9.18. The number of ether oxygens (including phenoxy) is 1. The third-order valence-corrected chi connectivity index (χ3v) is 6.51. The molecule has 0 saturated carbocycles. The van der Waals surface area contributed by atoms with E-state index in [1.165, 1.54) is 9.21 Å². The number of sulfonamides is 1. The second-order valence-electron chi connectivity index (χ2n) is 6.55. The van der Waals surface area contributed by atoms with E-state index in [2.05, 4.69) is 0 Å². The number of hydrogen-bond acceptors (Lipinski definition) is 5. The summed E-state index contributed by atoms with van der Waals surface area (Å²) in [6, 6.07) is 6.90. The molecule has 1 fully saturated rings. The number of hydrogen-bond donors (Lipinski definition) is 1. The molecule has 1 amide bonds. The van der Waals surface area contributed by atoms with Crippen LogP contribution in [0, 0.1) is 6.92 Å². The summed E-state index contributed by atoms with van der Waals surface area (Å²) in [6.45, 7) is 3.40. The highest BCUT2D eigenvalue weighted by molar-refractivity contribution is 7.89. The van der Waals surface area contributed by atoms with Crippen LogP contribution in [0.1, 0.15) is 25.3 Å². The van der Waals surface area contributed by atoms with E-state index in [9.17, 15) is 18.0 Å². The highest BCUT2D eigenvalue weighted by Gasteiger charge is 2.32. The largest absolute Gasteiger partial charge is 0.484 e. The smallest absolute Gasteiger partial charge is 0.323 e. The van der Waals surface area contributed by atoms with Crippen LogP contribution >= 0.6 is 0 Å². The van der Waals surface area contributed by atoms with Gasteiger partial charge in [-0.25, -0.2) is 12.7 Å². The fourth-order valence-corrected chi connectivity index (χ4v) is 4.18. The third kappa shape index (κ3) is 5.93. The number of carboxylic acids is 1. The average molecular weight is 398 g/mol. The highest BCUT2D eigenvalue weighted by Crippen LogP contribution is 2.20. The van der Waals surface area contributed by atoms with Crippen LogP contribution in [0.15, 0.2) is 24.3 Å². The van der Waals surface area contributed by atoms with Gasteiger partial charge in [-0.2, -0.15) is 0 Å². The standard InChI is InChI=1S/C18H26N2O6S/c1-3-27(24,25)19-10-8-15(9-11-19)20(12-18(22)23)17(21)13-26-16-6-4-14(2)5-7-16/h4-7,15H,3,8-13H2,1-2H3,(H,22,23). The molecule has 0 unspecified atom stereocenters. The van der Waals surface area contributed by atoms with E-state index in [-0.39, 0.29) is 31.5 Å². The van der Waals surface area contributed by atoms with Crippen LogP contribution < -0.4 is 4.74 Å². The van der Waals surface area contributed by atoms with Gasteiger partial charge in [-0.15, -0.1) is 0 Å². The summed E-state index contributed by atoms with van der Waals surface area (Å²) < 4.78 is 30.8. The van der Waals surface area contributed by atoms with Crippen molar-refractivity contribution < 1.29 is 27.9 Å². The van der Waals surface area contributed by atoms with Crippen LogP contribution in [0.25, 0.3) is 0 Å². The number of carboxylic acid groups (broad SMARTS) is 1. The zero-order valence-corrected chi connectivity index (χ0v) is 16.4. The number of benzene rings is 1. The van der Waals surface area contributed by atoms with E-state index < -0.39 is 28.4 Å². The summed E-state index contributed by atoms with van der Waals surface area (Å²) >= 11 is 0. The van der Waals surface area contributed by atoms with Crippen LogP contribution in [0.2, 0.25) is 0 Å². The summed E-state index contributed by atoms with van der Waals surface area (Å²) in [7, 11) is -3.27. The molecule has 1 aliphatic rings. The molecule has 1 aliphatic heterocycles. The maximum absolute atomic E-state index is 12.6. The van der Waals surface area contributed by atoms with Gasteiger partial charge in [0.05, 0.1) is 5.75 Å². The molecule has 8 nitrogen and oxygen atoms in total. The van der Waals surface area contributed by atoms with Crippen molar-refractivity contribution in [3.63, 3.8) is 0 Å². The molecular formula is C18H26N2O6S. The molecule has 2 rings (SSSR count). The van der Waals surface area contributed by atoms with Crippen LogP contribution in [0.3, 0.4) is 0 Å². The molecule has 1 aromatic rings. The van der Waals surface area contributed by atoms with Crippen molar-refractivity contribution in [1.29, 1.82) is 0 Å². The van der Waals surface area contributed by atoms with E-state index in [0.29, 0.717) is 18.6 Å². The van der Waals surface area contributed by atoms with Crippen LogP contribution in [0.5, 0.6) is 5.75 Å². The number of aryl methyl sites for hydroxylation is 1. The predicted octanol–water partition coefficient (Wildman–Crippen LogP) is 1.10. The van der Waals surface area contributed by atoms with E-state index in [1.807, 2.05) is 19.1 Å². The third-order valence-electron chi connectivity index (χ3n) is 4.63. The van der Waals surface area contributed by atoms with Gasteiger partial charge < -0.3 is 14.7 Å². The van der Waals surface area contributed by atoms with Crippen molar-refractivity contribution in [1.82, 2.24) is 9.21 Å². The van der Waals surface area contributed by atoms with Crippen molar-refractivity contribution in [3.8, 4) is 5.75 Å². The van der Waals surface area contributed by atoms with Crippen LogP contribution in [-0.2, 0) is 19.6 Å². The van der Waals surface area contributed by atoms with E-state index in [0.717, 1.165) is 5.56 Å². The number of nitrogens with zero attached hydrogens (tertiary/aromatic N) is 2. The SMILES string of the molecule is CCS(=O)(=O)N1CCC(N(CC(=O)O)C(=O)COc2ccc(C)cc2)CC1. The summed E-state index contributed by atoms with van der Waals surface area (Å²) in [5, 5.41) is 9.16. The number of rotatable bonds is 8. The van der Waals surface area contributed by atoms with Gasteiger partial charge in [0, 0.05) is 19.1 Å². The van der Waals surface area contributed by atoms with Gasteiger partial charge in [-0.3, -0.25) is 9.59 Å². The Morgan fingerprint density at radius 2 is 1.81 bits per heavy atom. The first-order valence-corrected chi connectivity index (χ1v) is 10.5. The van der Waals surface area contributed by atoms with Crippen LogP contribution in [-0.4, -0.2) is 72.6 Å². The molecule has 0 atom stereocenters. The van der Waals surface area contributed by atoms with Gasteiger partial charge >= 0.3 is 5.97 Å². The van der Waals surface area contributed by atoms with Gasteiger partial charge in [0.15, 0.2) is 6.61 Å². The second-order valence-corrected chi connectivity index (χ2v) is 8.81. The molecule has 150 valence electrons. The molecule has 1 heterocycles. The molecule has 0 spiro atoms. The predicted molar refractivity (Wildman–Crippen MR) is 100 cm³/mol. The summed E-state index contributed by atoms with van der Waals surface area (Å²) in [6.07, 6.45) is 0.811. The van der Waals surface area contributed by atoms with Gasteiger partial charge in [0.1, 0.15) is 12.3 Å². The van der Waals surface area contributed by atoms with Gasteiger partial charge in [0.2, 0.25) is 10.0 Å². The maximum atomic E-state index is 12.6. The number of aliphatic carboxylic acids is 1. The molecule has 9 heteroatoms. The molecule has 0 bridgehead atoms. The summed E-state index contributed by atoms with van der Waals surface area (Å²) in [4.78, 5) is 25.0. The minimum atomic E-state index is -3.27.